The summed E-state index contributed by atoms with van der Waals surface area (Å²) in [5, 5.41) is 0. The first-order valence-corrected chi connectivity index (χ1v) is 6.69. The van der Waals surface area contributed by atoms with Crippen molar-refractivity contribution in [1.29, 1.82) is 0 Å². The average Bonchev–Trinajstić information content (AvgIpc) is 2.41. The van der Waals surface area contributed by atoms with Gasteiger partial charge in [0.1, 0.15) is 12.4 Å². The van der Waals surface area contributed by atoms with Crippen molar-refractivity contribution in [3.05, 3.63) is 34.1 Å². The van der Waals surface area contributed by atoms with Gasteiger partial charge in [0.05, 0.1) is 11.1 Å². The molecule has 1 atom stereocenters. The third kappa shape index (κ3) is 5.85. The number of hydrazine groups is 1. The smallest absolute Gasteiger partial charge is 0.330 e. The highest BCUT2D eigenvalue weighted by Crippen LogP contribution is 2.23. The Balaban J connectivity index is 2.50. The van der Waals surface area contributed by atoms with Gasteiger partial charge in [-0.25, -0.2) is 13.2 Å². The Labute approximate surface area is 126 Å². The Kier molecular flexibility index (Phi) is 6.98. The number of rotatable bonds is 8. The molecule has 0 saturated carbocycles. The molecule has 1 unspecified atom stereocenters. The van der Waals surface area contributed by atoms with Crippen LogP contribution in [0.25, 0.3) is 0 Å². The molecule has 0 saturated heterocycles. The minimum Gasteiger partial charge on any atom is -0.373 e. The van der Waals surface area contributed by atoms with E-state index in [0.717, 1.165) is 0 Å². The lowest BCUT2D eigenvalue weighted by Crippen LogP contribution is -2.42. The van der Waals surface area contributed by atoms with Crippen LogP contribution in [0.2, 0.25) is 0 Å². The van der Waals surface area contributed by atoms with Crippen LogP contribution in [0, 0.1) is 5.82 Å². The van der Waals surface area contributed by atoms with Crippen molar-refractivity contribution in [2.75, 3.05) is 13.2 Å². The van der Waals surface area contributed by atoms with E-state index >= 15 is 0 Å². The predicted octanol–water partition coefficient (Wildman–Crippen LogP) is 2.88. The monoisotopic (exact) mass is 376 g/mol. The first-order chi connectivity index (χ1) is 9.76. The van der Waals surface area contributed by atoms with Gasteiger partial charge in [-0.1, -0.05) is 6.07 Å². The van der Waals surface area contributed by atoms with E-state index in [1.165, 1.54) is 18.2 Å². The summed E-state index contributed by atoms with van der Waals surface area (Å²) < 4.78 is 67.1. The highest BCUT2D eigenvalue weighted by atomic mass is 79.9. The lowest BCUT2D eigenvalue weighted by atomic mass is 10.1. The Hall–Kier alpha value is -0.770. The summed E-state index contributed by atoms with van der Waals surface area (Å²) in [6.45, 7) is -1.68. The predicted molar refractivity (Wildman–Crippen MR) is 70.7 cm³/mol. The number of benzene rings is 1. The van der Waals surface area contributed by atoms with Crippen LogP contribution in [0.15, 0.2) is 22.7 Å². The minimum atomic E-state index is -4.20. The van der Waals surface area contributed by atoms with E-state index in [2.05, 4.69) is 26.1 Å². The van der Waals surface area contributed by atoms with Gasteiger partial charge < -0.3 is 4.74 Å². The van der Waals surface area contributed by atoms with E-state index in [1.807, 2.05) is 0 Å². The van der Waals surface area contributed by atoms with Gasteiger partial charge in [-0.2, -0.15) is 8.78 Å². The van der Waals surface area contributed by atoms with Crippen LogP contribution in [0.3, 0.4) is 0 Å². The van der Waals surface area contributed by atoms with Gasteiger partial charge in [-0.15, -0.1) is 0 Å². The number of hydrogen-bond acceptors (Lipinski definition) is 3. The Morgan fingerprint density at radius 1 is 1.33 bits per heavy atom. The number of halogens is 6. The second-order valence-corrected chi connectivity index (χ2v) is 5.25. The fraction of sp³-hybridized carbons (Fsp3) is 0.500. The van der Waals surface area contributed by atoms with Crippen molar-refractivity contribution in [3.8, 4) is 0 Å². The molecular formula is C12H14BrF5N2O. The molecule has 1 rings (SSSR count). The van der Waals surface area contributed by atoms with E-state index in [4.69, 9.17) is 5.84 Å². The quantitative estimate of drug-likeness (QED) is 0.416. The molecular weight excluding hydrogens is 363 g/mol. The van der Waals surface area contributed by atoms with Gasteiger partial charge in [-0.05, 0) is 40.0 Å². The van der Waals surface area contributed by atoms with Crippen molar-refractivity contribution in [1.82, 2.24) is 5.43 Å². The lowest BCUT2D eigenvalue weighted by Gasteiger charge is -2.19. The summed E-state index contributed by atoms with van der Waals surface area (Å²) in [6.07, 6.45) is -3.52. The molecule has 1 aromatic rings. The number of nitrogens with two attached hydrogens (primary N) is 1. The maximum absolute atomic E-state index is 13.1. The highest BCUT2D eigenvalue weighted by Gasteiger charge is 2.41. The van der Waals surface area contributed by atoms with Crippen molar-refractivity contribution in [2.45, 2.75) is 24.8 Å². The van der Waals surface area contributed by atoms with Gasteiger partial charge in [0.15, 0.2) is 0 Å². The highest BCUT2D eigenvalue weighted by molar-refractivity contribution is 9.10. The Bertz CT molecular complexity index is 461. The topological polar surface area (TPSA) is 47.3 Å². The summed E-state index contributed by atoms with van der Waals surface area (Å²) in [5.41, 5.74) is 3.01. The van der Waals surface area contributed by atoms with Gasteiger partial charge in [-0.3, -0.25) is 11.3 Å². The second-order valence-electron chi connectivity index (χ2n) is 4.39. The minimum absolute atomic E-state index is 0.251. The molecule has 0 aliphatic heterocycles. The molecule has 1 aromatic carbocycles. The lowest BCUT2D eigenvalue weighted by molar-refractivity contribution is -0.167. The number of ether oxygens (including phenoxy) is 1. The molecule has 120 valence electrons. The number of nitrogens with one attached hydrogen (secondary N) is 1. The fourth-order valence-corrected chi connectivity index (χ4v) is 1.94. The van der Waals surface area contributed by atoms with E-state index in [9.17, 15) is 22.0 Å². The fourth-order valence-electron chi connectivity index (χ4n) is 1.52. The molecule has 0 aromatic heterocycles. The van der Waals surface area contributed by atoms with Crippen molar-refractivity contribution >= 4 is 15.9 Å². The molecule has 9 heteroatoms. The van der Waals surface area contributed by atoms with Crippen LogP contribution in [0.5, 0.6) is 0 Å². The average molecular weight is 377 g/mol. The molecule has 0 heterocycles. The molecule has 0 amide bonds. The first-order valence-electron chi connectivity index (χ1n) is 5.90. The number of hydrogen-bond donors (Lipinski definition) is 2. The molecule has 0 fully saturated rings. The maximum Gasteiger partial charge on any atom is 0.330 e. The summed E-state index contributed by atoms with van der Waals surface area (Å²) in [4.78, 5) is 0. The summed E-state index contributed by atoms with van der Waals surface area (Å²) in [7, 11) is 0. The summed E-state index contributed by atoms with van der Waals surface area (Å²) in [5.74, 6) is 0.609. The third-order valence-corrected chi connectivity index (χ3v) is 3.24. The first kappa shape index (κ1) is 18.3. The molecule has 0 aliphatic rings. The van der Waals surface area contributed by atoms with Crippen molar-refractivity contribution in [3.63, 3.8) is 0 Å². The van der Waals surface area contributed by atoms with Gasteiger partial charge in [0.25, 0.3) is 0 Å². The second kappa shape index (κ2) is 8.02. The summed E-state index contributed by atoms with van der Waals surface area (Å²) in [6, 6.07) is 3.67. The van der Waals surface area contributed by atoms with Crippen LogP contribution in [-0.4, -0.2) is 31.6 Å². The van der Waals surface area contributed by atoms with Crippen molar-refractivity contribution in [2.24, 2.45) is 5.84 Å². The molecule has 0 spiro atoms. The van der Waals surface area contributed by atoms with Crippen LogP contribution in [0.1, 0.15) is 5.56 Å². The SMILES string of the molecule is NNC(COCC(F)(F)C(F)F)Cc1ccc(F)c(Br)c1. The third-order valence-electron chi connectivity index (χ3n) is 2.63. The standard InChI is InChI=1S/C12H14BrF5N2O/c13-9-4-7(1-2-10(9)14)3-8(20-19)5-21-6-12(17,18)11(15)16/h1-2,4,8,11,20H,3,5-6,19H2. The molecule has 3 nitrogen and oxygen atoms in total. The zero-order valence-electron chi connectivity index (χ0n) is 10.8. The Morgan fingerprint density at radius 3 is 2.52 bits per heavy atom. The van der Waals surface area contributed by atoms with Crippen LogP contribution < -0.4 is 11.3 Å². The van der Waals surface area contributed by atoms with Gasteiger partial charge >= 0.3 is 12.3 Å². The zero-order chi connectivity index (χ0) is 16.0. The van der Waals surface area contributed by atoms with Crippen LogP contribution >= 0.6 is 15.9 Å². The summed E-state index contributed by atoms with van der Waals surface area (Å²) >= 11 is 3.01. The van der Waals surface area contributed by atoms with Crippen LogP contribution in [0.4, 0.5) is 22.0 Å². The largest absolute Gasteiger partial charge is 0.373 e. The Morgan fingerprint density at radius 2 is 2.00 bits per heavy atom. The molecule has 0 radical (unpaired) electrons. The molecule has 0 aliphatic carbocycles. The number of alkyl halides is 4. The zero-order valence-corrected chi connectivity index (χ0v) is 12.3. The van der Waals surface area contributed by atoms with E-state index in [0.29, 0.717) is 5.56 Å². The van der Waals surface area contributed by atoms with E-state index in [1.54, 1.807) is 0 Å². The molecule has 21 heavy (non-hydrogen) atoms. The van der Waals surface area contributed by atoms with Gasteiger partial charge in [0.2, 0.25) is 0 Å². The maximum atomic E-state index is 13.1. The van der Waals surface area contributed by atoms with E-state index < -0.39 is 30.8 Å². The molecule has 0 bridgehead atoms. The van der Waals surface area contributed by atoms with Gasteiger partial charge in [0, 0.05) is 6.04 Å². The van der Waals surface area contributed by atoms with Crippen LogP contribution in [-0.2, 0) is 11.2 Å². The normalized spacial score (nSPS) is 13.7. The molecule has 3 N–H and O–H groups in total. The van der Waals surface area contributed by atoms with Crippen molar-refractivity contribution < 1.29 is 26.7 Å². The van der Waals surface area contributed by atoms with E-state index in [-0.39, 0.29) is 17.5 Å².